The van der Waals surface area contributed by atoms with Gasteiger partial charge in [-0.1, -0.05) is 18.2 Å². The van der Waals surface area contributed by atoms with Crippen molar-refractivity contribution in [2.24, 2.45) is 0 Å². The van der Waals surface area contributed by atoms with E-state index < -0.39 is 17.2 Å². The molecule has 0 unspecified atom stereocenters. The number of hydrogen-bond donors (Lipinski definition) is 2. The average Bonchev–Trinajstić information content (AvgIpc) is 2.72. The van der Waals surface area contributed by atoms with E-state index in [1.165, 1.54) is 12.1 Å². The van der Waals surface area contributed by atoms with Gasteiger partial charge in [-0.15, -0.1) is 0 Å². The topological polar surface area (TPSA) is 53.6 Å². The van der Waals surface area contributed by atoms with Crippen LogP contribution in [-0.2, 0) is 13.1 Å². The van der Waals surface area contributed by atoms with Crippen molar-refractivity contribution in [2.75, 3.05) is 13.1 Å². The molecule has 31 heavy (non-hydrogen) atoms. The summed E-state index contributed by atoms with van der Waals surface area (Å²) in [6.07, 6.45) is 1.60. The monoisotopic (exact) mass is 431 g/mol. The number of halogens is 2. The molecule has 1 aliphatic heterocycles. The molecule has 0 radical (unpaired) electrons. The molecule has 0 aliphatic carbocycles. The number of nitrogens with zero attached hydrogens (tertiary/aromatic N) is 1. The van der Waals surface area contributed by atoms with Crippen LogP contribution in [0.25, 0.3) is 0 Å². The normalized spacial score (nSPS) is 15.5. The van der Waals surface area contributed by atoms with Gasteiger partial charge in [0.2, 0.25) is 0 Å². The SMILES string of the molecule is CC(C)Oc1ccc(CNC(=O)N(Cc2ccc(F)cc2F)C2(C)CCNCC2)cc1. The first-order valence-electron chi connectivity index (χ1n) is 10.7. The molecule has 168 valence electrons. The standard InChI is InChI=1S/C24H31F2N3O2/c1-17(2)31-21-8-4-18(5-9-21)15-28-23(30)29(24(3)10-12-27-13-11-24)16-19-6-7-20(25)14-22(19)26/h4-9,14,17,27H,10-13,15-16H2,1-3H3,(H,28,30). The van der Waals surface area contributed by atoms with Gasteiger partial charge in [0.1, 0.15) is 17.4 Å². The third kappa shape index (κ3) is 6.17. The summed E-state index contributed by atoms with van der Waals surface area (Å²) in [4.78, 5) is 14.9. The second kappa shape index (κ2) is 10.1. The summed E-state index contributed by atoms with van der Waals surface area (Å²) in [6, 6.07) is 10.8. The van der Waals surface area contributed by atoms with Gasteiger partial charge in [-0.3, -0.25) is 0 Å². The number of piperidine rings is 1. The number of nitrogens with one attached hydrogen (secondary N) is 2. The van der Waals surface area contributed by atoms with Crippen LogP contribution in [-0.4, -0.2) is 35.7 Å². The molecule has 3 rings (SSSR count). The molecule has 0 atom stereocenters. The predicted octanol–water partition coefficient (Wildman–Crippen LogP) is 4.61. The van der Waals surface area contributed by atoms with Crippen LogP contribution in [0.5, 0.6) is 5.75 Å². The smallest absolute Gasteiger partial charge is 0.318 e. The fourth-order valence-electron chi connectivity index (χ4n) is 3.79. The van der Waals surface area contributed by atoms with Crippen molar-refractivity contribution in [2.45, 2.75) is 58.3 Å². The lowest BCUT2D eigenvalue weighted by Crippen LogP contribution is -2.57. The van der Waals surface area contributed by atoms with Crippen molar-refractivity contribution in [1.29, 1.82) is 0 Å². The number of rotatable bonds is 7. The molecule has 0 bridgehead atoms. The minimum absolute atomic E-state index is 0.0790. The van der Waals surface area contributed by atoms with E-state index in [1.54, 1.807) is 4.90 Å². The molecule has 2 aromatic carbocycles. The Hall–Kier alpha value is -2.67. The summed E-state index contributed by atoms with van der Waals surface area (Å²) in [7, 11) is 0. The van der Waals surface area contributed by atoms with Gasteiger partial charge < -0.3 is 20.3 Å². The van der Waals surface area contributed by atoms with Gasteiger partial charge in [0.25, 0.3) is 0 Å². The summed E-state index contributed by atoms with van der Waals surface area (Å²) >= 11 is 0. The van der Waals surface area contributed by atoms with Crippen molar-refractivity contribution in [3.8, 4) is 5.75 Å². The van der Waals surface area contributed by atoms with Crippen LogP contribution in [0.15, 0.2) is 42.5 Å². The Morgan fingerprint density at radius 2 is 1.84 bits per heavy atom. The lowest BCUT2D eigenvalue weighted by molar-refractivity contribution is 0.0902. The molecule has 0 spiro atoms. The zero-order chi connectivity index (χ0) is 22.4. The number of hydrogen-bond acceptors (Lipinski definition) is 3. The van der Waals surface area contributed by atoms with Crippen molar-refractivity contribution >= 4 is 6.03 Å². The van der Waals surface area contributed by atoms with Crippen molar-refractivity contribution < 1.29 is 18.3 Å². The Bertz CT molecular complexity index is 881. The molecule has 7 heteroatoms. The lowest BCUT2D eigenvalue weighted by Gasteiger charge is -2.44. The minimum atomic E-state index is -0.643. The quantitative estimate of drug-likeness (QED) is 0.673. The van der Waals surface area contributed by atoms with E-state index in [9.17, 15) is 13.6 Å². The summed E-state index contributed by atoms with van der Waals surface area (Å²) in [5.41, 5.74) is 0.810. The maximum absolute atomic E-state index is 14.3. The van der Waals surface area contributed by atoms with E-state index >= 15 is 0 Å². The zero-order valence-corrected chi connectivity index (χ0v) is 18.4. The lowest BCUT2D eigenvalue weighted by atomic mass is 9.88. The highest BCUT2D eigenvalue weighted by Gasteiger charge is 2.37. The number of benzene rings is 2. The van der Waals surface area contributed by atoms with E-state index in [1.807, 2.05) is 45.0 Å². The largest absolute Gasteiger partial charge is 0.491 e. The van der Waals surface area contributed by atoms with Crippen LogP contribution in [0.3, 0.4) is 0 Å². The maximum Gasteiger partial charge on any atom is 0.318 e. The third-order valence-electron chi connectivity index (χ3n) is 5.66. The molecule has 0 aromatic heterocycles. The third-order valence-corrected chi connectivity index (χ3v) is 5.66. The molecular weight excluding hydrogens is 400 g/mol. The molecular formula is C24H31F2N3O2. The maximum atomic E-state index is 14.3. The van der Waals surface area contributed by atoms with Gasteiger partial charge in [-0.2, -0.15) is 0 Å². The summed E-state index contributed by atoms with van der Waals surface area (Å²) in [5, 5.41) is 6.26. The van der Waals surface area contributed by atoms with Gasteiger partial charge >= 0.3 is 6.03 Å². The van der Waals surface area contributed by atoms with Crippen LogP contribution in [0, 0.1) is 11.6 Å². The first kappa shape index (κ1) is 23.0. The summed E-state index contributed by atoms with van der Waals surface area (Å²) in [5.74, 6) is -0.494. The van der Waals surface area contributed by atoms with Gasteiger partial charge in [0.15, 0.2) is 0 Å². The predicted molar refractivity (Wildman–Crippen MR) is 117 cm³/mol. The minimum Gasteiger partial charge on any atom is -0.491 e. The molecule has 1 saturated heterocycles. The second-order valence-corrected chi connectivity index (χ2v) is 8.54. The van der Waals surface area contributed by atoms with E-state index in [0.29, 0.717) is 12.1 Å². The Morgan fingerprint density at radius 3 is 2.45 bits per heavy atom. The highest BCUT2D eigenvalue weighted by Crippen LogP contribution is 2.28. The molecule has 1 fully saturated rings. The van der Waals surface area contributed by atoms with E-state index in [2.05, 4.69) is 10.6 Å². The summed E-state index contributed by atoms with van der Waals surface area (Å²) in [6.45, 7) is 7.94. The number of carbonyl (C=O) groups is 1. The second-order valence-electron chi connectivity index (χ2n) is 8.54. The van der Waals surface area contributed by atoms with Crippen molar-refractivity contribution in [1.82, 2.24) is 15.5 Å². The van der Waals surface area contributed by atoms with E-state index in [-0.39, 0.29) is 18.7 Å². The summed E-state index contributed by atoms with van der Waals surface area (Å²) < 4.78 is 33.3. The van der Waals surface area contributed by atoms with Crippen LogP contribution in [0.4, 0.5) is 13.6 Å². The molecule has 5 nitrogen and oxygen atoms in total. The van der Waals surface area contributed by atoms with E-state index in [0.717, 1.165) is 43.3 Å². The number of amides is 2. The Morgan fingerprint density at radius 1 is 1.16 bits per heavy atom. The van der Waals surface area contributed by atoms with Gasteiger partial charge in [0, 0.05) is 23.7 Å². The van der Waals surface area contributed by atoms with Gasteiger partial charge in [-0.25, -0.2) is 13.6 Å². The Balaban J connectivity index is 1.72. The van der Waals surface area contributed by atoms with Crippen LogP contribution in [0.1, 0.15) is 44.7 Å². The van der Waals surface area contributed by atoms with Crippen molar-refractivity contribution in [3.05, 3.63) is 65.2 Å². The molecule has 2 N–H and O–H groups in total. The molecule has 0 saturated carbocycles. The molecule has 1 aliphatic rings. The van der Waals surface area contributed by atoms with Crippen LogP contribution in [0.2, 0.25) is 0 Å². The molecule has 2 amide bonds. The fraction of sp³-hybridized carbons (Fsp3) is 0.458. The number of urea groups is 1. The van der Waals surface area contributed by atoms with Crippen LogP contribution >= 0.6 is 0 Å². The van der Waals surface area contributed by atoms with Crippen molar-refractivity contribution in [3.63, 3.8) is 0 Å². The fourth-order valence-corrected chi connectivity index (χ4v) is 3.79. The molecule has 1 heterocycles. The van der Waals surface area contributed by atoms with Gasteiger partial charge in [0.05, 0.1) is 12.6 Å². The Kier molecular flexibility index (Phi) is 7.49. The van der Waals surface area contributed by atoms with Gasteiger partial charge in [-0.05, 0) is 70.5 Å². The number of ether oxygens (including phenoxy) is 1. The van der Waals surface area contributed by atoms with Crippen LogP contribution < -0.4 is 15.4 Å². The molecule has 2 aromatic rings. The highest BCUT2D eigenvalue weighted by atomic mass is 19.1. The number of carbonyl (C=O) groups excluding carboxylic acids is 1. The van der Waals surface area contributed by atoms with E-state index in [4.69, 9.17) is 4.74 Å². The first-order valence-corrected chi connectivity index (χ1v) is 10.7. The highest BCUT2D eigenvalue weighted by molar-refractivity contribution is 5.75. The zero-order valence-electron chi connectivity index (χ0n) is 18.4. The first-order chi connectivity index (χ1) is 14.8. The Labute approximate surface area is 182 Å². The average molecular weight is 432 g/mol.